The number of rotatable bonds is 2. The first kappa shape index (κ1) is 19.2. The summed E-state index contributed by atoms with van der Waals surface area (Å²) in [6.07, 6.45) is 5.54. The summed E-state index contributed by atoms with van der Waals surface area (Å²) in [4.78, 5) is 30.2. The molecule has 7 nitrogen and oxygen atoms in total. The van der Waals surface area contributed by atoms with Gasteiger partial charge < -0.3 is 14.5 Å². The van der Waals surface area contributed by atoms with Gasteiger partial charge in [0.15, 0.2) is 5.65 Å². The largest absolute Gasteiger partial charge is 0.453 e. The molecule has 2 aliphatic rings. The van der Waals surface area contributed by atoms with Gasteiger partial charge in [-0.15, -0.1) is 0 Å². The molecule has 2 fully saturated rings. The first-order chi connectivity index (χ1) is 13.3. The van der Waals surface area contributed by atoms with Crippen LogP contribution in [0.15, 0.2) is 18.3 Å². The highest BCUT2D eigenvalue weighted by atomic mass is 35.5. The van der Waals surface area contributed by atoms with Crippen molar-refractivity contribution in [2.45, 2.75) is 70.1 Å². The van der Waals surface area contributed by atoms with E-state index >= 15 is 0 Å². The minimum absolute atomic E-state index is 0.162. The molecule has 150 valence electrons. The van der Waals surface area contributed by atoms with E-state index in [2.05, 4.69) is 35.6 Å². The smallest absolute Gasteiger partial charge is 0.410 e. The van der Waals surface area contributed by atoms with Crippen molar-refractivity contribution >= 4 is 34.7 Å². The average Bonchev–Trinajstić information content (AvgIpc) is 2.90. The van der Waals surface area contributed by atoms with Crippen LogP contribution in [-0.2, 0) is 4.74 Å². The third-order valence-electron chi connectivity index (χ3n) is 5.79. The van der Waals surface area contributed by atoms with Gasteiger partial charge in [-0.2, -0.15) is 0 Å². The molecule has 0 saturated carbocycles. The van der Waals surface area contributed by atoms with Crippen molar-refractivity contribution in [3.05, 3.63) is 23.5 Å². The van der Waals surface area contributed by atoms with Gasteiger partial charge in [-0.05, 0) is 58.6 Å². The zero-order valence-corrected chi connectivity index (χ0v) is 17.5. The van der Waals surface area contributed by atoms with Crippen molar-refractivity contribution in [1.82, 2.24) is 19.9 Å². The number of anilines is 1. The number of aromatic nitrogens is 3. The molecule has 2 bridgehead atoms. The number of ether oxygens (including phenoxy) is 1. The first-order valence-electron chi connectivity index (χ1n) is 9.73. The van der Waals surface area contributed by atoms with Gasteiger partial charge in [-0.3, -0.25) is 0 Å². The van der Waals surface area contributed by atoms with Gasteiger partial charge in [0.1, 0.15) is 16.5 Å². The molecule has 0 radical (unpaired) electrons. The molecule has 4 rings (SSSR count). The molecule has 2 saturated heterocycles. The number of piperidine rings is 1. The van der Waals surface area contributed by atoms with Crippen LogP contribution in [0.4, 0.5) is 10.6 Å². The number of hydrogen-bond acceptors (Lipinski definition) is 6. The number of halogens is 1. The minimum Gasteiger partial charge on any atom is -0.453 e. The maximum atomic E-state index is 12.5. The fourth-order valence-corrected chi connectivity index (χ4v) is 4.94. The van der Waals surface area contributed by atoms with Crippen LogP contribution in [0.2, 0.25) is 5.15 Å². The molecule has 0 aromatic carbocycles. The molecule has 2 unspecified atom stereocenters. The Balaban J connectivity index is 1.60. The Morgan fingerprint density at radius 1 is 1.21 bits per heavy atom. The van der Waals surface area contributed by atoms with Crippen molar-refractivity contribution in [1.29, 1.82) is 0 Å². The molecule has 2 aliphatic heterocycles. The molecular formula is C20H26ClN5O2. The van der Waals surface area contributed by atoms with Crippen LogP contribution >= 0.6 is 11.6 Å². The molecule has 4 heterocycles. The number of carbonyl (C=O) groups is 1. The predicted octanol–water partition coefficient (Wildman–Crippen LogP) is 4.04. The summed E-state index contributed by atoms with van der Waals surface area (Å²) < 4.78 is 5.09. The molecule has 8 heteroatoms. The van der Waals surface area contributed by atoms with Gasteiger partial charge in [-0.1, -0.05) is 11.6 Å². The molecule has 2 aromatic heterocycles. The lowest BCUT2D eigenvalue weighted by Gasteiger charge is -2.47. The molecule has 0 spiro atoms. The fourth-order valence-electron chi connectivity index (χ4n) is 4.80. The number of pyridine rings is 1. The van der Waals surface area contributed by atoms with Gasteiger partial charge in [-0.25, -0.2) is 19.7 Å². The Bertz CT molecular complexity index is 886. The maximum absolute atomic E-state index is 12.5. The summed E-state index contributed by atoms with van der Waals surface area (Å²) in [5.41, 5.74) is 1.02. The highest BCUT2D eigenvalue weighted by Crippen LogP contribution is 2.41. The summed E-state index contributed by atoms with van der Waals surface area (Å²) in [5, 5.41) is 0.417. The van der Waals surface area contributed by atoms with E-state index in [0.29, 0.717) is 22.9 Å². The van der Waals surface area contributed by atoms with Crippen LogP contribution in [0.3, 0.4) is 0 Å². The molecule has 28 heavy (non-hydrogen) atoms. The summed E-state index contributed by atoms with van der Waals surface area (Å²) >= 11 is 5.95. The topological polar surface area (TPSA) is 71.5 Å². The Labute approximate surface area is 170 Å². The van der Waals surface area contributed by atoms with E-state index in [9.17, 15) is 4.79 Å². The van der Waals surface area contributed by atoms with Crippen molar-refractivity contribution in [2.75, 3.05) is 12.0 Å². The molecular weight excluding hydrogens is 378 g/mol. The third-order valence-corrected chi connectivity index (χ3v) is 6.00. The molecule has 1 amide bonds. The highest BCUT2D eigenvalue weighted by Gasteiger charge is 2.46. The van der Waals surface area contributed by atoms with Crippen molar-refractivity contribution in [2.24, 2.45) is 0 Å². The predicted molar refractivity (Wildman–Crippen MR) is 109 cm³/mol. The van der Waals surface area contributed by atoms with E-state index in [-0.39, 0.29) is 17.7 Å². The maximum Gasteiger partial charge on any atom is 0.410 e. The lowest BCUT2D eigenvalue weighted by molar-refractivity contribution is 0.0441. The van der Waals surface area contributed by atoms with E-state index in [1.807, 2.05) is 11.0 Å². The van der Waals surface area contributed by atoms with Crippen LogP contribution in [0.5, 0.6) is 0 Å². The minimum atomic E-state index is -0.285. The average molecular weight is 404 g/mol. The monoisotopic (exact) mass is 403 g/mol. The van der Waals surface area contributed by atoms with Gasteiger partial charge >= 0.3 is 6.09 Å². The molecule has 2 aromatic rings. The number of amides is 1. The third kappa shape index (κ3) is 3.36. The van der Waals surface area contributed by atoms with Crippen LogP contribution < -0.4 is 4.90 Å². The Hall–Kier alpha value is -2.15. The standard InChI is InChI=1S/C20H26ClN5O2/c1-20(2,3)26(19(27)28-4)14-9-12-5-6-13(10-14)25(12)17-11-22-18-15(23-17)7-8-16(21)24-18/h7-8,11-14H,5-6,9-10H2,1-4H3. The number of hydrogen-bond donors (Lipinski definition) is 0. The van der Waals surface area contributed by atoms with Gasteiger partial charge in [0.2, 0.25) is 0 Å². The zero-order chi connectivity index (χ0) is 20.1. The second-order valence-electron chi connectivity index (χ2n) is 8.63. The SMILES string of the molecule is COC(=O)N(C1CC2CCC(C1)N2c1cnc2nc(Cl)ccc2n1)C(C)(C)C. The van der Waals surface area contributed by atoms with Crippen LogP contribution in [-0.4, -0.2) is 56.7 Å². The van der Waals surface area contributed by atoms with Crippen molar-refractivity contribution < 1.29 is 9.53 Å². The Morgan fingerprint density at radius 3 is 2.50 bits per heavy atom. The zero-order valence-electron chi connectivity index (χ0n) is 16.7. The second kappa shape index (κ2) is 7.03. The summed E-state index contributed by atoms with van der Waals surface area (Å²) in [6.45, 7) is 6.18. The first-order valence-corrected chi connectivity index (χ1v) is 10.1. The molecule has 0 aliphatic carbocycles. The number of methoxy groups -OCH3 is 1. The second-order valence-corrected chi connectivity index (χ2v) is 9.02. The quantitative estimate of drug-likeness (QED) is 0.704. The van der Waals surface area contributed by atoms with Crippen molar-refractivity contribution in [3.63, 3.8) is 0 Å². The normalized spacial score (nSPS) is 24.5. The summed E-state index contributed by atoms with van der Waals surface area (Å²) in [7, 11) is 1.45. The van der Waals surface area contributed by atoms with Gasteiger partial charge in [0.25, 0.3) is 0 Å². The lowest BCUT2D eigenvalue weighted by atomic mass is 9.92. The summed E-state index contributed by atoms with van der Waals surface area (Å²) in [6, 6.07) is 4.43. The highest BCUT2D eigenvalue weighted by molar-refractivity contribution is 6.29. The van der Waals surface area contributed by atoms with Gasteiger partial charge in [0, 0.05) is 23.7 Å². The van der Waals surface area contributed by atoms with E-state index in [0.717, 1.165) is 37.0 Å². The molecule has 0 N–H and O–H groups in total. The van der Waals surface area contributed by atoms with Gasteiger partial charge in [0.05, 0.1) is 13.3 Å². The van der Waals surface area contributed by atoms with E-state index in [4.69, 9.17) is 21.3 Å². The van der Waals surface area contributed by atoms with Crippen LogP contribution in [0.25, 0.3) is 11.2 Å². The van der Waals surface area contributed by atoms with E-state index < -0.39 is 0 Å². The lowest BCUT2D eigenvalue weighted by Crippen LogP contribution is -2.57. The van der Waals surface area contributed by atoms with E-state index in [1.54, 1.807) is 12.3 Å². The Kier molecular flexibility index (Phi) is 4.81. The molecule has 2 atom stereocenters. The van der Waals surface area contributed by atoms with Crippen LogP contribution in [0, 0.1) is 0 Å². The summed E-state index contributed by atoms with van der Waals surface area (Å²) in [5.74, 6) is 0.878. The Morgan fingerprint density at radius 2 is 1.89 bits per heavy atom. The van der Waals surface area contributed by atoms with E-state index in [1.165, 1.54) is 7.11 Å². The van der Waals surface area contributed by atoms with Crippen LogP contribution in [0.1, 0.15) is 46.5 Å². The van der Waals surface area contributed by atoms with Crippen molar-refractivity contribution in [3.8, 4) is 0 Å². The number of nitrogens with zero attached hydrogens (tertiary/aromatic N) is 5. The number of carbonyl (C=O) groups excluding carboxylic acids is 1. The number of fused-ring (bicyclic) bond motifs is 3. The fraction of sp³-hybridized carbons (Fsp3) is 0.600.